The standard InChI is InChI=1S/C29H28N4O4/c1-5-33-23-11-7-6-9-20(23)22-15-18(12-13-24(22)33)31-28-21(10-8-14-30-28)29(34)32-19-16-25(35-2)27(37-4)26(17-19)36-3/h6-17H,5H2,1-4H3,(H,30,31)(H,32,34). The summed E-state index contributed by atoms with van der Waals surface area (Å²) < 4.78 is 18.5. The van der Waals surface area contributed by atoms with Crippen LogP contribution in [0.4, 0.5) is 17.2 Å². The van der Waals surface area contributed by atoms with Gasteiger partial charge in [-0.3, -0.25) is 4.79 Å². The van der Waals surface area contributed by atoms with Crippen molar-refractivity contribution in [3.63, 3.8) is 0 Å². The SMILES string of the molecule is CCn1c2ccccc2c2cc(Nc3ncccc3C(=O)Nc3cc(OC)c(OC)c(OC)c3)ccc21. The van der Waals surface area contributed by atoms with Crippen LogP contribution in [0, 0.1) is 0 Å². The van der Waals surface area contributed by atoms with Crippen molar-refractivity contribution >= 4 is 44.9 Å². The van der Waals surface area contributed by atoms with Gasteiger partial charge in [0.15, 0.2) is 11.5 Å². The highest BCUT2D eigenvalue weighted by Crippen LogP contribution is 2.40. The van der Waals surface area contributed by atoms with E-state index in [1.807, 2.05) is 12.1 Å². The van der Waals surface area contributed by atoms with Crippen LogP contribution in [-0.4, -0.2) is 36.8 Å². The molecule has 5 rings (SSSR count). The molecule has 1 amide bonds. The number of methoxy groups -OCH3 is 3. The zero-order valence-corrected chi connectivity index (χ0v) is 21.2. The first kappa shape index (κ1) is 24.0. The van der Waals surface area contributed by atoms with Gasteiger partial charge in [-0.05, 0) is 43.3 Å². The Hall–Kier alpha value is -4.72. The van der Waals surface area contributed by atoms with Gasteiger partial charge in [0.05, 0.1) is 26.9 Å². The van der Waals surface area contributed by atoms with Gasteiger partial charge in [-0.1, -0.05) is 18.2 Å². The first-order valence-corrected chi connectivity index (χ1v) is 11.9. The number of rotatable bonds is 8. The van der Waals surface area contributed by atoms with Crippen LogP contribution in [-0.2, 0) is 6.54 Å². The number of aromatic nitrogens is 2. The van der Waals surface area contributed by atoms with Crippen LogP contribution in [0.2, 0.25) is 0 Å². The topological polar surface area (TPSA) is 86.6 Å². The second-order valence-corrected chi connectivity index (χ2v) is 8.39. The number of amides is 1. The summed E-state index contributed by atoms with van der Waals surface area (Å²) in [5.74, 6) is 1.47. The Balaban J connectivity index is 1.47. The fourth-order valence-corrected chi connectivity index (χ4v) is 4.65. The smallest absolute Gasteiger partial charge is 0.259 e. The van der Waals surface area contributed by atoms with Crippen molar-refractivity contribution in [3.8, 4) is 17.2 Å². The first-order valence-electron chi connectivity index (χ1n) is 11.9. The Morgan fingerprint density at radius 2 is 1.57 bits per heavy atom. The normalized spacial score (nSPS) is 10.9. The predicted octanol–water partition coefficient (Wildman–Crippen LogP) is 6.23. The minimum absolute atomic E-state index is 0.325. The lowest BCUT2D eigenvalue weighted by atomic mass is 10.1. The molecule has 37 heavy (non-hydrogen) atoms. The van der Waals surface area contributed by atoms with Gasteiger partial charge in [-0.15, -0.1) is 0 Å². The van der Waals surface area contributed by atoms with Crippen molar-refractivity contribution in [2.75, 3.05) is 32.0 Å². The molecule has 0 bridgehead atoms. The number of benzene rings is 3. The van der Waals surface area contributed by atoms with Crippen LogP contribution in [0.25, 0.3) is 21.8 Å². The fourth-order valence-electron chi connectivity index (χ4n) is 4.65. The van der Waals surface area contributed by atoms with Crippen molar-refractivity contribution < 1.29 is 19.0 Å². The molecule has 8 nitrogen and oxygen atoms in total. The van der Waals surface area contributed by atoms with Gasteiger partial charge < -0.3 is 29.4 Å². The maximum absolute atomic E-state index is 13.3. The molecule has 0 aliphatic rings. The lowest BCUT2D eigenvalue weighted by Gasteiger charge is -2.15. The molecule has 0 fully saturated rings. The number of anilines is 3. The fraction of sp³-hybridized carbons (Fsp3) is 0.172. The molecule has 0 unspecified atom stereocenters. The summed E-state index contributed by atoms with van der Waals surface area (Å²) in [5.41, 5.74) is 4.10. The van der Waals surface area contributed by atoms with Crippen LogP contribution in [0.5, 0.6) is 17.2 Å². The molecule has 0 radical (unpaired) electrons. The van der Waals surface area contributed by atoms with Crippen molar-refractivity contribution in [2.24, 2.45) is 0 Å². The zero-order valence-electron chi connectivity index (χ0n) is 21.2. The van der Waals surface area contributed by atoms with Crippen molar-refractivity contribution in [1.29, 1.82) is 0 Å². The highest BCUT2D eigenvalue weighted by atomic mass is 16.5. The Bertz CT molecular complexity index is 1580. The number of carbonyl (C=O) groups excluding carboxylic acids is 1. The van der Waals surface area contributed by atoms with E-state index >= 15 is 0 Å². The van der Waals surface area contributed by atoms with Crippen LogP contribution in [0.3, 0.4) is 0 Å². The number of carbonyl (C=O) groups is 1. The summed E-state index contributed by atoms with van der Waals surface area (Å²) in [6.07, 6.45) is 1.65. The average Bonchev–Trinajstić information content (AvgIpc) is 3.25. The van der Waals surface area contributed by atoms with E-state index in [0.29, 0.717) is 34.3 Å². The van der Waals surface area contributed by atoms with E-state index in [9.17, 15) is 4.79 Å². The minimum atomic E-state index is -0.325. The first-order chi connectivity index (χ1) is 18.1. The lowest BCUT2D eigenvalue weighted by molar-refractivity contribution is 0.102. The van der Waals surface area contributed by atoms with Gasteiger partial charge in [0, 0.05) is 58.1 Å². The molecule has 8 heteroatoms. The summed E-state index contributed by atoms with van der Waals surface area (Å²) in [6, 6.07) is 21.4. The predicted molar refractivity (Wildman–Crippen MR) is 147 cm³/mol. The van der Waals surface area contributed by atoms with Crippen LogP contribution >= 0.6 is 0 Å². The quantitative estimate of drug-likeness (QED) is 0.265. The molecule has 0 spiro atoms. The highest BCUT2D eigenvalue weighted by Gasteiger charge is 2.18. The van der Waals surface area contributed by atoms with Gasteiger partial charge in [0.25, 0.3) is 5.91 Å². The van der Waals surface area contributed by atoms with E-state index in [1.54, 1.807) is 30.5 Å². The molecule has 5 aromatic rings. The van der Waals surface area contributed by atoms with Gasteiger partial charge in [-0.25, -0.2) is 4.98 Å². The maximum Gasteiger partial charge on any atom is 0.259 e. The van der Waals surface area contributed by atoms with Crippen molar-refractivity contribution in [1.82, 2.24) is 9.55 Å². The third-order valence-electron chi connectivity index (χ3n) is 6.33. The molecule has 3 aromatic carbocycles. The Kier molecular flexibility index (Phi) is 6.55. The number of hydrogen-bond donors (Lipinski definition) is 2. The molecule has 0 atom stereocenters. The molecule has 0 aliphatic carbocycles. The number of aryl methyl sites for hydroxylation is 1. The number of ether oxygens (including phenoxy) is 3. The van der Waals surface area contributed by atoms with E-state index in [4.69, 9.17) is 14.2 Å². The summed E-state index contributed by atoms with van der Waals surface area (Å²) in [7, 11) is 4.59. The Labute approximate surface area is 214 Å². The van der Waals surface area contributed by atoms with E-state index in [0.717, 1.165) is 23.1 Å². The monoisotopic (exact) mass is 496 g/mol. The lowest BCUT2D eigenvalue weighted by Crippen LogP contribution is -2.15. The van der Waals surface area contributed by atoms with E-state index < -0.39 is 0 Å². The largest absolute Gasteiger partial charge is 0.493 e. The molecule has 0 saturated carbocycles. The zero-order chi connectivity index (χ0) is 25.9. The van der Waals surface area contributed by atoms with Crippen LogP contribution in [0.15, 0.2) is 72.9 Å². The Morgan fingerprint density at radius 3 is 2.27 bits per heavy atom. The number of pyridine rings is 1. The summed E-state index contributed by atoms with van der Waals surface area (Å²) in [5, 5.41) is 8.57. The number of para-hydroxylation sites is 1. The number of nitrogens with one attached hydrogen (secondary N) is 2. The van der Waals surface area contributed by atoms with E-state index in [2.05, 4.69) is 57.4 Å². The summed E-state index contributed by atoms with van der Waals surface area (Å²) in [4.78, 5) is 17.7. The van der Waals surface area contributed by atoms with Gasteiger partial charge in [0.1, 0.15) is 5.82 Å². The average molecular weight is 497 g/mol. The minimum Gasteiger partial charge on any atom is -0.493 e. The van der Waals surface area contributed by atoms with E-state index in [-0.39, 0.29) is 5.91 Å². The molecule has 188 valence electrons. The molecule has 0 aliphatic heterocycles. The van der Waals surface area contributed by atoms with Gasteiger partial charge in [-0.2, -0.15) is 0 Å². The number of nitrogens with zero attached hydrogens (tertiary/aromatic N) is 2. The third kappa shape index (κ3) is 4.38. The maximum atomic E-state index is 13.3. The summed E-state index contributed by atoms with van der Waals surface area (Å²) in [6.45, 7) is 3.02. The Morgan fingerprint density at radius 1 is 0.838 bits per heavy atom. The molecular formula is C29H28N4O4. The van der Waals surface area contributed by atoms with E-state index in [1.165, 1.54) is 32.2 Å². The van der Waals surface area contributed by atoms with Crippen LogP contribution in [0.1, 0.15) is 17.3 Å². The highest BCUT2D eigenvalue weighted by molar-refractivity contribution is 6.10. The number of fused-ring (bicyclic) bond motifs is 3. The van der Waals surface area contributed by atoms with Crippen molar-refractivity contribution in [2.45, 2.75) is 13.5 Å². The number of hydrogen-bond acceptors (Lipinski definition) is 6. The second-order valence-electron chi connectivity index (χ2n) is 8.39. The molecule has 2 N–H and O–H groups in total. The third-order valence-corrected chi connectivity index (χ3v) is 6.33. The molecular weight excluding hydrogens is 468 g/mol. The van der Waals surface area contributed by atoms with Crippen molar-refractivity contribution in [3.05, 3.63) is 78.5 Å². The van der Waals surface area contributed by atoms with Gasteiger partial charge >= 0.3 is 0 Å². The summed E-state index contributed by atoms with van der Waals surface area (Å²) >= 11 is 0. The molecule has 2 aromatic heterocycles. The second kappa shape index (κ2) is 10.1. The molecule has 2 heterocycles. The van der Waals surface area contributed by atoms with Gasteiger partial charge in [0.2, 0.25) is 5.75 Å². The van der Waals surface area contributed by atoms with Crippen LogP contribution < -0.4 is 24.8 Å². The molecule has 0 saturated heterocycles.